The van der Waals surface area contributed by atoms with Gasteiger partial charge in [-0.3, -0.25) is 9.59 Å². The summed E-state index contributed by atoms with van der Waals surface area (Å²) in [5.41, 5.74) is 1.45. The first-order chi connectivity index (χ1) is 12.7. The molecule has 1 fully saturated rings. The minimum absolute atomic E-state index is 0.162. The van der Waals surface area contributed by atoms with Crippen LogP contribution < -0.4 is 11.1 Å². The van der Waals surface area contributed by atoms with E-state index in [4.69, 9.17) is 0 Å². The van der Waals surface area contributed by atoms with Crippen molar-refractivity contribution in [1.82, 2.24) is 19.3 Å². The highest BCUT2D eigenvalue weighted by Gasteiger charge is 2.19. The van der Waals surface area contributed by atoms with E-state index in [9.17, 15) is 9.59 Å². The monoisotopic (exact) mass is 348 g/mol. The molecule has 1 aromatic carbocycles. The molecule has 1 saturated carbocycles. The zero-order chi connectivity index (χ0) is 17.9. The summed E-state index contributed by atoms with van der Waals surface area (Å²) < 4.78 is 3.00. The molecule has 6 heteroatoms. The molecule has 0 radical (unpaired) electrons. The minimum atomic E-state index is -0.506. The molecule has 1 aliphatic rings. The predicted octanol–water partition coefficient (Wildman–Crippen LogP) is 2.63. The van der Waals surface area contributed by atoms with Gasteiger partial charge in [0.05, 0.1) is 17.9 Å². The molecule has 2 heterocycles. The summed E-state index contributed by atoms with van der Waals surface area (Å²) in [6, 6.07) is 13.7. The van der Waals surface area contributed by atoms with Crippen molar-refractivity contribution in [2.24, 2.45) is 0 Å². The molecule has 0 bridgehead atoms. The molecular formula is C20H20N4O2. The van der Waals surface area contributed by atoms with E-state index in [1.807, 2.05) is 42.5 Å². The number of hydrogen-bond acceptors (Lipinski definition) is 4. The van der Waals surface area contributed by atoms with E-state index >= 15 is 0 Å². The summed E-state index contributed by atoms with van der Waals surface area (Å²) >= 11 is 0. The van der Waals surface area contributed by atoms with Crippen LogP contribution in [0.5, 0.6) is 0 Å². The molecule has 132 valence electrons. The average Bonchev–Trinajstić information content (AvgIpc) is 3.21. The van der Waals surface area contributed by atoms with Gasteiger partial charge in [-0.2, -0.15) is 10.2 Å². The molecular weight excluding hydrogens is 328 g/mol. The van der Waals surface area contributed by atoms with Crippen LogP contribution in [0.15, 0.2) is 64.4 Å². The quantitative estimate of drug-likeness (QED) is 0.680. The van der Waals surface area contributed by atoms with Crippen LogP contribution in [0.3, 0.4) is 0 Å². The molecule has 0 spiro atoms. The summed E-state index contributed by atoms with van der Waals surface area (Å²) in [6.45, 7) is 0.238. The molecule has 0 atom stereocenters. The third-order valence-electron chi connectivity index (χ3n) is 4.93. The number of aromatic nitrogens is 4. The van der Waals surface area contributed by atoms with E-state index in [2.05, 4.69) is 10.2 Å². The Bertz CT molecular complexity index is 1000. The van der Waals surface area contributed by atoms with Crippen LogP contribution in [0, 0.1) is 0 Å². The lowest BCUT2D eigenvalue weighted by atomic mass is 10.1. The first-order valence-corrected chi connectivity index (χ1v) is 8.92. The molecule has 1 aliphatic carbocycles. The number of rotatable bonds is 4. The molecule has 0 amide bonds. The van der Waals surface area contributed by atoms with Gasteiger partial charge in [0.25, 0.3) is 0 Å². The lowest BCUT2D eigenvalue weighted by Gasteiger charge is -2.14. The van der Waals surface area contributed by atoms with Crippen LogP contribution in [-0.2, 0) is 6.54 Å². The Morgan fingerprint density at radius 1 is 0.885 bits per heavy atom. The van der Waals surface area contributed by atoms with Crippen LogP contribution >= 0.6 is 0 Å². The Morgan fingerprint density at radius 3 is 2.35 bits per heavy atom. The molecule has 6 nitrogen and oxygen atoms in total. The van der Waals surface area contributed by atoms with Crippen LogP contribution in [0.2, 0.25) is 0 Å². The van der Waals surface area contributed by atoms with Crippen LogP contribution in [0.1, 0.15) is 37.4 Å². The van der Waals surface area contributed by atoms with E-state index in [-0.39, 0.29) is 12.6 Å². The normalized spacial score (nSPS) is 14.6. The Hall–Kier alpha value is -3.02. The Labute approximate surface area is 150 Å². The Balaban J connectivity index is 1.57. The largest absolute Gasteiger partial charge is 0.316 e. The van der Waals surface area contributed by atoms with Crippen LogP contribution in [-0.4, -0.2) is 19.3 Å². The Kier molecular flexibility index (Phi) is 4.48. The predicted molar refractivity (Wildman–Crippen MR) is 99.0 cm³/mol. The van der Waals surface area contributed by atoms with Crippen molar-refractivity contribution in [3.05, 3.63) is 81.3 Å². The van der Waals surface area contributed by atoms with Crippen molar-refractivity contribution in [1.29, 1.82) is 0 Å². The molecule has 0 aliphatic heterocycles. The van der Waals surface area contributed by atoms with Crippen LogP contribution in [0.4, 0.5) is 0 Å². The second-order valence-corrected chi connectivity index (χ2v) is 6.66. The number of nitrogens with zero attached hydrogens (tertiary/aromatic N) is 4. The maximum absolute atomic E-state index is 12.4. The van der Waals surface area contributed by atoms with E-state index in [1.165, 1.54) is 4.57 Å². The fourth-order valence-corrected chi connectivity index (χ4v) is 3.50. The molecule has 3 aromatic rings. The van der Waals surface area contributed by atoms with Gasteiger partial charge in [-0.25, -0.2) is 0 Å². The maximum Gasteiger partial charge on any atom is 0.316 e. The molecule has 2 aromatic heterocycles. The van der Waals surface area contributed by atoms with Crippen molar-refractivity contribution in [3.8, 4) is 11.3 Å². The zero-order valence-corrected chi connectivity index (χ0v) is 14.4. The second kappa shape index (κ2) is 7.07. The van der Waals surface area contributed by atoms with Crippen molar-refractivity contribution in [2.75, 3.05) is 0 Å². The highest BCUT2D eigenvalue weighted by molar-refractivity contribution is 5.57. The molecule has 0 N–H and O–H groups in total. The van der Waals surface area contributed by atoms with Gasteiger partial charge in [-0.1, -0.05) is 43.2 Å². The summed E-state index contributed by atoms with van der Waals surface area (Å²) in [5.74, 6) is 0. The maximum atomic E-state index is 12.4. The lowest BCUT2D eigenvalue weighted by Crippen LogP contribution is -2.41. The van der Waals surface area contributed by atoms with Gasteiger partial charge in [0.1, 0.15) is 0 Å². The average molecular weight is 348 g/mol. The van der Waals surface area contributed by atoms with Crippen LogP contribution in [0.25, 0.3) is 11.3 Å². The minimum Gasteiger partial charge on any atom is -0.306 e. The number of benzene rings is 1. The summed E-state index contributed by atoms with van der Waals surface area (Å²) in [4.78, 5) is 24.8. The summed E-state index contributed by atoms with van der Waals surface area (Å²) in [7, 11) is 0. The fourth-order valence-electron chi connectivity index (χ4n) is 3.50. The molecule has 26 heavy (non-hydrogen) atoms. The summed E-state index contributed by atoms with van der Waals surface area (Å²) in [5, 5.41) is 8.43. The smallest absolute Gasteiger partial charge is 0.306 e. The SMILES string of the molecule is O=c1c(=O)n(C2CCCC2)ccn1Cc1ccc(-c2ccccc2)nn1. The highest BCUT2D eigenvalue weighted by Crippen LogP contribution is 2.27. The molecule has 0 saturated heterocycles. The van der Waals surface area contributed by atoms with Gasteiger partial charge in [-0.15, -0.1) is 0 Å². The fraction of sp³-hybridized carbons (Fsp3) is 0.300. The molecule has 4 rings (SSSR count). The first-order valence-electron chi connectivity index (χ1n) is 8.92. The molecule has 0 unspecified atom stereocenters. The topological polar surface area (TPSA) is 69.8 Å². The van der Waals surface area contributed by atoms with Gasteiger partial charge >= 0.3 is 11.1 Å². The van der Waals surface area contributed by atoms with Crippen molar-refractivity contribution in [3.63, 3.8) is 0 Å². The first kappa shape index (κ1) is 16.4. The second-order valence-electron chi connectivity index (χ2n) is 6.66. The lowest BCUT2D eigenvalue weighted by molar-refractivity contribution is 0.487. The standard InChI is InChI=1S/C20H20N4O2/c25-19-20(26)24(17-8-4-5-9-17)13-12-23(19)14-16-10-11-18(22-21-16)15-6-2-1-3-7-15/h1-3,6-7,10-13,17H,4-5,8-9,14H2. The summed E-state index contributed by atoms with van der Waals surface area (Å²) in [6.07, 6.45) is 7.57. The van der Waals surface area contributed by atoms with E-state index in [0.717, 1.165) is 36.9 Å². The third kappa shape index (κ3) is 3.22. The van der Waals surface area contributed by atoms with Gasteiger partial charge in [0, 0.05) is 24.0 Å². The van der Waals surface area contributed by atoms with Gasteiger partial charge < -0.3 is 9.13 Å². The van der Waals surface area contributed by atoms with Crippen molar-refractivity contribution >= 4 is 0 Å². The number of hydrogen-bond donors (Lipinski definition) is 0. The van der Waals surface area contributed by atoms with E-state index in [1.54, 1.807) is 17.0 Å². The van der Waals surface area contributed by atoms with Crippen molar-refractivity contribution in [2.45, 2.75) is 38.3 Å². The van der Waals surface area contributed by atoms with Gasteiger partial charge in [-0.05, 0) is 25.0 Å². The van der Waals surface area contributed by atoms with E-state index in [0.29, 0.717) is 5.69 Å². The van der Waals surface area contributed by atoms with Crippen molar-refractivity contribution < 1.29 is 0 Å². The third-order valence-corrected chi connectivity index (χ3v) is 4.93. The van der Waals surface area contributed by atoms with Gasteiger partial charge in [0.2, 0.25) is 0 Å². The van der Waals surface area contributed by atoms with E-state index < -0.39 is 11.1 Å². The zero-order valence-electron chi connectivity index (χ0n) is 14.4. The Morgan fingerprint density at radius 2 is 1.65 bits per heavy atom. The highest BCUT2D eigenvalue weighted by atomic mass is 16.2. The van der Waals surface area contributed by atoms with Gasteiger partial charge in [0.15, 0.2) is 0 Å².